The molecule has 0 fully saturated rings. The Morgan fingerprint density at radius 2 is 1.33 bits per heavy atom. The van der Waals surface area contributed by atoms with Crippen molar-refractivity contribution in [3.8, 4) is 0 Å². The molecule has 0 aromatic heterocycles. The van der Waals surface area contributed by atoms with Gasteiger partial charge in [0.2, 0.25) is 0 Å². The van der Waals surface area contributed by atoms with E-state index in [-0.39, 0.29) is 0 Å². The third kappa shape index (κ3) is 177. The van der Waals surface area contributed by atoms with Crippen LogP contribution >= 0.6 is 0 Å². The van der Waals surface area contributed by atoms with Gasteiger partial charge in [-0.05, 0) is 6.92 Å². The highest BCUT2D eigenvalue weighted by Gasteiger charge is 1.99. The summed E-state index contributed by atoms with van der Waals surface area (Å²) in [5, 5.41) is 0. The predicted octanol–water partition coefficient (Wildman–Crippen LogP) is 1.26. The largest absolute Gasteiger partial charge is 0.428 e. The van der Waals surface area contributed by atoms with E-state index in [9.17, 15) is 0 Å². The summed E-state index contributed by atoms with van der Waals surface area (Å²) < 4.78 is 4.68. The molecule has 0 spiro atoms. The molecule has 1 nitrogen and oxygen atoms in total. The van der Waals surface area contributed by atoms with Gasteiger partial charge in [-0.15, -0.1) is 0 Å². The van der Waals surface area contributed by atoms with E-state index >= 15 is 0 Å². The summed E-state index contributed by atoms with van der Waals surface area (Å²) in [4.78, 5) is 0. The Kier molecular flexibility index (Phi) is 8.76. The summed E-state index contributed by atoms with van der Waals surface area (Å²) in [6, 6.07) is 0. The monoisotopic (exact) mass is 164 g/mol. The standard InChI is InChI=1S/C4H12Si.C2H8OSi/c1-5(2,3)4;1-2-3-4/h1-4H3;2H2,1,4H3. The maximum atomic E-state index is 4.68. The zero-order valence-electron chi connectivity index (χ0n) is 7.62. The fraction of sp³-hybridized carbons (Fsp3) is 1.00. The molecule has 0 bridgehead atoms. The third-order valence-electron chi connectivity index (χ3n) is 0.289. The predicted molar refractivity (Wildman–Crippen MR) is 50.8 cm³/mol. The molecule has 0 heterocycles. The molecule has 0 N–H and O–H groups in total. The summed E-state index contributed by atoms with van der Waals surface area (Å²) in [6.45, 7) is 12.2. The zero-order chi connectivity index (χ0) is 7.91. The zero-order valence-corrected chi connectivity index (χ0v) is 10.6. The summed E-state index contributed by atoms with van der Waals surface area (Å²) in [5.74, 6) is 0. The van der Waals surface area contributed by atoms with Gasteiger partial charge in [0.15, 0.2) is 0 Å². The van der Waals surface area contributed by atoms with Crippen molar-refractivity contribution in [1.82, 2.24) is 0 Å². The van der Waals surface area contributed by atoms with Gasteiger partial charge in [-0.3, -0.25) is 0 Å². The first-order valence-electron chi connectivity index (χ1n) is 3.40. The lowest BCUT2D eigenvalue weighted by Gasteiger charge is -2.01. The van der Waals surface area contributed by atoms with E-state index in [0.717, 1.165) is 17.1 Å². The first kappa shape index (κ1) is 12.1. The highest BCUT2D eigenvalue weighted by atomic mass is 28.3. The van der Waals surface area contributed by atoms with E-state index in [4.69, 9.17) is 0 Å². The Labute approximate surface area is 63.4 Å². The SMILES string of the molecule is CCO[SiH3].C[Si](C)(C)C. The van der Waals surface area contributed by atoms with Crippen molar-refractivity contribution in [3.05, 3.63) is 0 Å². The van der Waals surface area contributed by atoms with Crippen LogP contribution in [-0.2, 0) is 4.43 Å². The molecule has 9 heavy (non-hydrogen) atoms. The van der Waals surface area contributed by atoms with Crippen molar-refractivity contribution in [2.24, 2.45) is 0 Å². The quantitative estimate of drug-likeness (QED) is 0.530. The van der Waals surface area contributed by atoms with Crippen molar-refractivity contribution in [2.45, 2.75) is 33.1 Å². The Morgan fingerprint density at radius 1 is 1.22 bits per heavy atom. The molecule has 0 aliphatic rings. The number of rotatable bonds is 1. The van der Waals surface area contributed by atoms with Gasteiger partial charge in [-0.2, -0.15) is 0 Å². The van der Waals surface area contributed by atoms with Crippen LogP contribution in [0.1, 0.15) is 6.92 Å². The Hall–Kier alpha value is 0.394. The first-order chi connectivity index (χ1) is 3.91. The van der Waals surface area contributed by atoms with Crippen LogP contribution in [0.4, 0.5) is 0 Å². The molecular formula is C6H20OSi2. The van der Waals surface area contributed by atoms with Crippen LogP contribution in [0.15, 0.2) is 0 Å². The Morgan fingerprint density at radius 3 is 1.33 bits per heavy atom. The molecule has 58 valence electrons. The first-order valence-corrected chi connectivity index (χ1v) is 8.22. The summed E-state index contributed by atoms with van der Waals surface area (Å²) in [5.41, 5.74) is 0. The minimum atomic E-state index is -0.611. The molecule has 0 unspecified atom stereocenters. The summed E-state index contributed by atoms with van der Waals surface area (Å²) >= 11 is 0. The summed E-state index contributed by atoms with van der Waals surface area (Å²) in [6.07, 6.45) is 0. The molecule has 0 saturated heterocycles. The molecule has 0 rings (SSSR count). The second-order valence-corrected chi connectivity index (χ2v) is 10.2. The minimum absolute atomic E-state index is 0.611. The van der Waals surface area contributed by atoms with Crippen molar-refractivity contribution in [3.63, 3.8) is 0 Å². The highest BCUT2D eigenvalue weighted by Crippen LogP contribution is 1.94. The van der Waals surface area contributed by atoms with E-state index in [1.807, 2.05) is 6.92 Å². The second kappa shape index (κ2) is 6.51. The average Bonchev–Trinajstić information content (AvgIpc) is 1.61. The van der Waals surface area contributed by atoms with Crippen LogP contribution < -0.4 is 0 Å². The fourth-order valence-corrected chi connectivity index (χ4v) is 0. The minimum Gasteiger partial charge on any atom is -0.428 e. The number of hydrogen-bond acceptors (Lipinski definition) is 1. The second-order valence-electron chi connectivity index (χ2n) is 3.58. The van der Waals surface area contributed by atoms with E-state index < -0.39 is 8.07 Å². The van der Waals surface area contributed by atoms with Crippen LogP contribution in [0.5, 0.6) is 0 Å². The van der Waals surface area contributed by atoms with Gasteiger partial charge in [0.05, 0.1) is 0 Å². The van der Waals surface area contributed by atoms with E-state index in [1.54, 1.807) is 0 Å². The average molecular weight is 164 g/mol. The van der Waals surface area contributed by atoms with Gasteiger partial charge in [-0.25, -0.2) is 0 Å². The van der Waals surface area contributed by atoms with Crippen LogP contribution in [-0.4, -0.2) is 25.2 Å². The fourth-order valence-electron chi connectivity index (χ4n) is 0. The third-order valence-corrected chi connectivity index (χ3v) is 0.866. The van der Waals surface area contributed by atoms with Gasteiger partial charge < -0.3 is 4.43 Å². The molecule has 0 aromatic rings. The van der Waals surface area contributed by atoms with Gasteiger partial charge >= 0.3 is 0 Å². The maximum absolute atomic E-state index is 4.68. The van der Waals surface area contributed by atoms with Gasteiger partial charge in [0.1, 0.15) is 10.5 Å². The molecule has 0 aliphatic heterocycles. The molecule has 0 atom stereocenters. The van der Waals surface area contributed by atoms with Crippen LogP contribution in [0, 0.1) is 0 Å². The smallest absolute Gasteiger partial charge is 0.145 e. The Bertz CT molecular complexity index is 41.5. The van der Waals surface area contributed by atoms with Crippen molar-refractivity contribution >= 4 is 18.6 Å². The van der Waals surface area contributed by atoms with Crippen molar-refractivity contribution in [2.75, 3.05) is 6.61 Å². The maximum Gasteiger partial charge on any atom is 0.145 e. The lowest BCUT2D eigenvalue weighted by atomic mass is 10.9. The molecule has 0 saturated carbocycles. The molecular weight excluding hydrogens is 144 g/mol. The Balaban J connectivity index is 0. The van der Waals surface area contributed by atoms with Crippen molar-refractivity contribution < 1.29 is 4.43 Å². The van der Waals surface area contributed by atoms with Crippen LogP contribution in [0.25, 0.3) is 0 Å². The molecule has 0 aliphatic carbocycles. The van der Waals surface area contributed by atoms with Crippen LogP contribution in [0.2, 0.25) is 26.2 Å². The lowest BCUT2D eigenvalue weighted by molar-refractivity contribution is 0.375. The van der Waals surface area contributed by atoms with E-state index in [2.05, 4.69) is 30.6 Å². The molecule has 0 amide bonds. The summed E-state index contributed by atoms with van der Waals surface area (Å²) in [7, 11) is 0.279. The molecule has 0 aromatic carbocycles. The normalized spacial score (nSPS) is 10.3. The topological polar surface area (TPSA) is 9.23 Å². The van der Waals surface area contributed by atoms with Gasteiger partial charge in [0.25, 0.3) is 0 Å². The van der Waals surface area contributed by atoms with Crippen molar-refractivity contribution in [1.29, 1.82) is 0 Å². The molecule has 3 heteroatoms. The van der Waals surface area contributed by atoms with E-state index in [0.29, 0.717) is 0 Å². The number of hydrogen-bond donors (Lipinski definition) is 0. The lowest BCUT2D eigenvalue weighted by Crippen LogP contribution is -2.10. The van der Waals surface area contributed by atoms with E-state index in [1.165, 1.54) is 0 Å². The highest BCUT2D eigenvalue weighted by molar-refractivity contribution is 6.74. The van der Waals surface area contributed by atoms with Crippen LogP contribution in [0.3, 0.4) is 0 Å². The van der Waals surface area contributed by atoms with Gasteiger partial charge in [0, 0.05) is 14.7 Å². The van der Waals surface area contributed by atoms with Gasteiger partial charge in [-0.1, -0.05) is 26.2 Å². The molecule has 0 radical (unpaired) electrons.